The highest BCUT2D eigenvalue weighted by Crippen LogP contribution is 2.33. The molecule has 0 atom stereocenters. The second-order valence-electron chi connectivity index (χ2n) is 6.76. The van der Waals surface area contributed by atoms with Gasteiger partial charge in [-0.15, -0.1) is 10.2 Å². The van der Waals surface area contributed by atoms with Crippen LogP contribution in [0.2, 0.25) is 0 Å². The van der Waals surface area contributed by atoms with Gasteiger partial charge in [0.25, 0.3) is 5.91 Å². The highest BCUT2D eigenvalue weighted by atomic mass is 32.1. The molecule has 0 spiro atoms. The molecule has 5 nitrogen and oxygen atoms in total. The largest absolute Gasteiger partial charge is 0.416 e. The van der Waals surface area contributed by atoms with Gasteiger partial charge in [0, 0.05) is 11.1 Å². The number of amides is 1. The molecule has 29 heavy (non-hydrogen) atoms. The van der Waals surface area contributed by atoms with Crippen molar-refractivity contribution < 1.29 is 18.0 Å². The fourth-order valence-corrected chi connectivity index (χ4v) is 3.23. The van der Waals surface area contributed by atoms with Crippen LogP contribution in [0.3, 0.4) is 0 Å². The summed E-state index contributed by atoms with van der Waals surface area (Å²) in [5.74, 6) is -0.432. The SMILES string of the molecule is CC(C)(C#N)c1ccc(C(=O)Nc2nnc(-c3cccc(C(F)(F)F)c3)s2)cc1. The lowest BCUT2D eigenvalue weighted by molar-refractivity contribution is -0.137. The number of nitrogens with zero attached hydrogens (tertiary/aromatic N) is 3. The normalized spacial score (nSPS) is 11.7. The molecule has 0 radical (unpaired) electrons. The number of hydrogen-bond acceptors (Lipinski definition) is 5. The number of aromatic nitrogens is 2. The van der Waals surface area contributed by atoms with Crippen molar-refractivity contribution in [1.29, 1.82) is 5.26 Å². The zero-order valence-corrected chi connectivity index (χ0v) is 16.2. The number of anilines is 1. The number of carbonyl (C=O) groups excluding carboxylic acids is 1. The van der Waals surface area contributed by atoms with Gasteiger partial charge in [0.15, 0.2) is 0 Å². The molecule has 0 unspecified atom stereocenters. The van der Waals surface area contributed by atoms with Crippen LogP contribution in [0.15, 0.2) is 48.5 Å². The van der Waals surface area contributed by atoms with Gasteiger partial charge in [-0.2, -0.15) is 18.4 Å². The van der Waals surface area contributed by atoms with E-state index in [0.717, 1.165) is 29.0 Å². The van der Waals surface area contributed by atoms with Crippen LogP contribution < -0.4 is 5.32 Å². The maximum absolute atomic E-state index is 12.9. The molecule has 0 aliphatic carbocycles. The van der Waals surface area contributed by atoms with Crippen LogP contribution in [0.25, 0.3) is 10.6 Å². The van der Waals surface area contributed by atoms with E-state index in [0.29, 0.717) is 5.56 Å². The van der Waals surface area contributed by atoms with Crippen molar-refractivity contribution in [3.05, 3.63) is 65.2 Å². The van der Waals surface area contributed by atoms with Gasteiger partial charge in [0.2, 0.25) is 5.13 Å². The number of carbonyl (C=O) groups is 1. The zero-order chi connectivity index (χ0) is 21.2. The standard InChI is InChI=1S/C20H15F3N4OS/c1-19(2,11-24)14-8-6-12(7-9-14)16(28)25-18-27-26-17(29-18)13-4-3-5-15(10-13)20(21,22)23/h3-10H,1-2H3,(H,25,27,28). The van der Waals surface area contributed by atoms with Gasteiger partial charge in [-0.05, 0) is 43.7 Å². The third-order valence-electron chi connectivity index (χ3n) is 4.23. The summed E-state index contributed by atoms with van der Waals surface area (Å²) >= 11 is 0.975. The van der Waals surface area contributed by atoms with Gasteiger partial charge in [0.1, 0.15) is 5.01 Å². The molecular formula is C20H15F3N4OS. The maximum atomic E-state index is 12.9. The molecule has 2 aromatic carbocycles. The van der Waals surface area contributed by atoms with Crippen molar-refractivity contribution in [3.63, 3.8) is 0 Å². The Labute approximate surface area is 168 Å². The fraction of sp³-hybridized carbons (Fsp3) is 0.200. The molecule has 3 aromatic rings. The smallest absolute Gasteiger partial charge is 0.296 e. The van der Waals surface area contributed by atoms with Gasteiger partial charge in [-0.3, -0.25) is 10.1 Å². The molecule has 1 amide bonds. The van der Waals surface area contributed by atoms with E-state index in [2.05, 4.69) is 21.6 Å². The van der Waals surface area contributed by atoms with Crippen molar-refractivity contribution in [3.8, 4) is 16.6 Å². The topological polar surface area (TPSA) is 78.7 Å². The Bertz CT molecular complexity index is 1080. The van der Waals surface area contributed by atoms with E-state index in [1.54, 1.807) is 38.1 Å². The molecule has 9 heteroatoms. The first-order valence-electron chi connectivity index (χ1n) is 8.44. The molecule has 0 fully saturated rings. The van der Waals surface area contributed by atoms with Gasteiger partial charge < -0.3 is 0 Å². The van der Waals surface area contributed by atoms with Crippen molar-refractivity contribution in [2.45, 2.75) is 25.4 Å². The molecular weight excluding hydrogens is 401 g/mol. The van der Waals surface area contributed by atoms with Crippen LogP contribution in [0.1, 0.15) is 35.3 Å². The number of nitrogens with one attached hydrogen (secondary N) is 1. The second-order valence-corrected chi connectivity index (χ2v) is 7.74. The Morgan fingerprint density at radius 3 is 2.38 bits per heavy atom. The lowest BCUT2D eigenvalue weighted by Crippen LogP contribution is -2.15. The minimum absolute atomic E-state index is 0.170. The van der Waals surface area contributed by atoms with E-state index in [1.807, 2.05) is 0 Å². The Balaban J connectivity index is 1.75. The van der Waals surface area contributed by atoms with Crippen LogP contribution >= 0.6 is 11.3 Å². The summed E-state index contributed by atoms with van der Waals surface area (Å²) in [6.07, 6.45) is -4.45. The van der Waals surface area contributed by atoms with Gasteiger partial charge >= 0.3 is 6.18 Å². The average molecular weight is 416 g/mol. The van der Waals surface area contributed by atoms with E-state index < -0.39 is 23.1 Å². The summed E-state index contributed by atoms with van der Waals surface area (Å²) in [5.41, 5.74) is -0.0525. The third-order valence-corrected chi connectivity index (χ3v) is 5.12. The predicted octanol–water partition coefficient (Wildman–Crippen LogP) is 5.28. The number of benzene rings is 2. The molecule has 3 rings (SSSR count). The lowest BCUT2D eigenvalue weighted by Gasteiger charge is -2.15. The second kappa shape index (κ2) is 7.64. The quantitative estimate of drug-likeness (QED) is 0.628. The number of nitriles is 1. The molecule has 148 valence electrons. The van der Waals surface area contributed by atoms with Crippen molar-refractivity contribution in [2.75, 3.05) is 5.32 Å². The molecule has 0 saturated carbocycles. The van der Waals surface area contributed by atoms with Crippen LogP contribution in [0.5, 0.6) is 0 Å². The average Bonchev–Trinajstić information content (AvgIpc) is 3.16. The van der Waals surface area contributed by atoms with Gasteiger partial charge in [-0.1, -0.05) is 35.6 Å². The van der Waals surface area contributed by atoms with Gasteiger partial charge in [0.05, 0.1) is 17.0 Å². The molecule has 1 aromatic heterocycles. The Hall–Kier alpha value is -3.25. The first-order valence-corrected chi connectivity index (χ1v) is 9.26. The predicted molar refractivity (Wildman–Crippen MR) is 103 cm³/mol. The van der Waals surface area contributed by atoms with Crippen molar-refractivity contribution in [1.82, 2.24) is 10.2 Å². The van der Waals surface area contributed by atoms with Crippen LogP contribution in [-0.2, 0) is 11.6 Å². The highest BCUT2D eigenvalue weighted by Gasteiger charge is 2.30. The summed E-state index contributed by atoms with van der Waals surface area (Å²) in [7, 11) is 0. The maximum Gasteiger partial charge on any atom is 0.416 e. The summed E-state index contributed by atoms with van der Waals surface area (Å²) in [5, 5.41) is 19.9. The zero-order valence-electron chi connectivity index (χ0n) is 15.4. The molecule has 0 bridgehead atoms. The number of hydrogen-bond donors (Lipinski definition) is 1. The Morgan fingerprint density at radius 2 is 1.76 bits per heavy atom. The lowest BCUT2D eigenvalue weighted by atomic mass is 9.86. The first kappa shape index (κ1) is 20.5. The molecule has 1 N–H and O–H groups in total. The van der Waals surface area contributed by atoms with Crippen LogP contribution in [0, 0.1) is 11.3 Å². The highest BCUT2D eigenvalue weighted by molar-refractivity contribution is 7.18. The molecule has 0 aliphatic heterocycles. The van der Waals surface area contributed by atoms with Crippen LogP contribution in [0.4, 0.5) is 18.3 Å². The molecule has 0 saturated heterocycles. The minimum Gasteiger partial charge on any atom is -0.296 e. The Morgan fingerprint density at radius 1 is 1.07 bits per heavy atom. The van der Waals surface area contributed by atoms with E-state index in [1.165, 1.54) is 12.1 Å². The van der Waals surface area contributed by atoms with Crippen molar-refractivity contribution >= 4 is 22.4 Å². The first-order chi connectivity index (χ1) is 13.6. The fourth-order valence-electron chi connectivity index (χ4n) is 2.49. The number of rotatable bonds is 4. The Kier molecular flexibility index (Phi) is 5.40. The van der Waals surface area contributed by atoms with Gasteiger partial charge in [-0.25, -0.2) is 0 Å². The van der Waals surface area contributed by atoms with Crippen molar-refractivity contribution in [2.24, 2.45) is 0 Å². The summed E-state index contributed by atoms with van der Waals surface area (Å²) in [6.45, 7) is 3.55. The summed E-state index contributed by atoms with van der Waals surface area (Å²) in [4.78, 5) is 12.4. The summed E-state index contributed by atoms with van der Waals surface area (Å²) < 4.78 is 38.6. The minimum atomic E-state index is -4.45. The molecule has 1 heterocycles. The van der Waals surface area contributed by atoms with E-state index in [4.69, 9.17) is 0 Å². The summed E-state index contributed by atoms with van der Waals surface area (Å²) in [6, 6.07) is 13.5. The number of alkyl halides is 3. The monoisotopic (exact) mass is 416 g/mol. The third kappa shape index (κ3) is 4.60. The van der Waals surface area contributed by atoms with E-state index in [9.17, 15) is 23.2 Å². The molecule has 0 aliphatic rings. The number of halogens is 3. The van der Waals surface area contributed by atoms with E-state index >= 15 is 0 Å². The van der Waals surface area contributed by atoms with Crippen LogP contribution in [-0.4, -0.2) is 16.1 Å². The van der Waals surface area contributed by atoms with E-state index in [-0.39, 0.29) is 15.7 Å².